The van der Waals surface area contributed by atoms with Gasteiger partial charge >= 0.3 is 0 Å². The Balaban J connectivity index is 2.08. The predicted molar refractivity (Wildman–Crippen MR) is 87.3 cm³/mol. The number of rotatable bonds is 3. The fraction of sp³-hybridized carbons (Fsp3) is 0.111. The van der Waals surface area contributed by atoms with Crippen LogP contribution >= 0.6 is 0 Å². The monoisotopic (exact) mass is 326 g/mol. The van der Waals surface area contributed by atoms with Crippen LogP contribution in [0.4, 0.5) is 0 Å². The van der Waals surface area contributed by atoms with E-state index in [-0.39, 0.29) is 21.8 Å². The van der Waals surface area contributed by atoms with E-state index < -0.39 is 16.6 Å². The molecule has 0 N–H and O–H groups in total. The maximum Gasteiger partial charge on any atom is 0.206 e. The van der Waals surface area contributed by atoms with E-state index in [1.54, 1.807) is 30.3 Å². The molecular weight excluding hydrogens is 312 g/mol. The number of ether oxygens (including phenoxy) is 1. The first kappa shape index (κ1) is 15.4. The number of allylic oxidation sites excluding steroid dienone is 2. The summed E-state index contributed by atoms with van der Waals surface area (Å²) < 4.78 is 17.9. The average Bonchev–Trinajstić information content (AvgIpc) is 2.57. The van der Waals surface area contributed by atoms with Crippen LogP contribution in [0.2, 0.25) is 0 Å². The van der Waals surface area contributed by atoms with Gasteiger partial charge in [-0.25, -0.2) is 4.21 Å². The maximum atomic E-state index is 12.7. The minimum absolute atomic E-state index is 0.0177. The van der Waals surface area contributed by atoms with Crippen LogP contribution < -0.4 is 4.74 Å². The SMILES string of the molecule is COc1cccc2c1C(=O)C([S@@](=O)c1ccc(C)cc1)=CC2=O. The Labute approximate surface area is 136 Å². The first-order valence-corrected chi connectivity index (χ1v) is 8.14. The summed E-state index contributed by atoms with van der Waals surface area (Å²) in [6.07, 6.45) is 1.17. The van der Waals surface area contributed by atoms with Crippen LogP contribution in [0.15, 0.2) is 58.3 Å². The zero-order chi connectivity index (χ0) is 16.6. The lowest BCUT2D eigenvalue weighted by Crippen LogP contribution is -2.20. The molecule has 0 fully saturated rings. The molecule has 0 aliphatic heterocycles. The van der Waals surface area contributed by atoms with Gasteiger partial charge in [0.2, 0.25) is 5.78 Å². The molecule has 0 saturated carbocycles. The first-order valence-electron chi connectivity index (χ1n) is 6.99. The minimum atomic E-state index is -1.71. The summed E-state index contributed by atoms with van der Waals surface area (Å²) in [5, 5.41) is 0. The van der Waals surface area contributed by atoms with E-state index >= 15 is 0 Å². The molecule has 0 heterocycles. The third-order valence-electron chi connectivity index (χ3n) is 3.66. The summed E-state index contributed by atoms with van der Waals surface area (Å²) in [4.78, 5) is 25.5. The van der Waals surface area contributed by atoms with E-state index in [1.165, 1.54) is 13.2 Å². The Bertz CT molecular complexity index is 863. The highest BCUT2D eigenvalue weighted by Gasteiger charge is 2.32. The number of benzene rings is 2. The third-order valence-corrected chi connectivity index (χ3v) is 5.06. The highest BCUT2D eigenvalue weighted by atomic mass is 32.2. The summed E-state index contributed by atoms with van der Waals surface area (Å²) in [6, 6.07) is 11.9. The van der Waals surface area contributed by atoms with Gasteiger partial charge in [0.1, 0.15) is 5.75 Å². The van der Waals surface area contributed by atoms with Crippen LogP contribution in [0.3, 0.4) is 0 Å². The molecule has 0 amide bonds. The minimum Gasteiger partial charge on any atom is -0.496 e. The van der Waals surface area contributed by atoms with Gasteiger partial charge in [0.25, 0.3) is 0 Å². The molecular formula is C18H14O4S. The number of Topliss-reactive ketones (excluding diaryl/α,β-unsaturated/α-hetero) is 1. The van der Waals surface area contributed by atoms with E-state index in [0.717, 1.165) is 5.56 Å². The average molecular weight is 326 g/mol. The second-order valence-electron chi connectivity index (χ2n) is 5.17. The highest BCUT2D eigenvalue weighted by Crippen LogP contribution is 2.32. The summed E-state index contributed by atoms with van der Waals surface area (Å²) in [5.41, 5.74) is 1.48. The molecule has 0 unspecified atom stereocenters. The van der Waals surface area contributed by atoms with Crippen molar-refractivity contribution in [3.63, 3.8) is 0 Å². The quantitative estimate of drug-likeness (QED) is 0.870. The second-order valence-corrected chi connectivity index (χ2v) is 6.62. The van der Waals surface area contributed by atoms with Gasteiger partial charge in [-0.1, -0.05) is 29.8 Å². The number of fused-ring (bicyclic) bond motifs is 1. The summed E-state index contributed by atoms with van der Waals surface area (Å²) in [6.45, 7) is 1.92. The highest BCUT2D eigenvalue weighted by molar-refractivity contribution is 7.90. The maximum absolute atomic E-state index is 12.7. The van der Waals surface area contributed by atoms with Gasteiger partial charge < -0.3 is 4.74 Å². The van der Waals surface area contributed by atoms with Gasteiger partial charge in [-0.3, -0.25) is 9.59 Å². The standard InChI is InChI=1S/C18H14O4S/c1-11-6-8-12(9-7-11)23(21)16-10-14(19)13-4-3-5-15(22-2)17(13)18(16)20/h3-10H,1-2H3/t23-/m0/s1. The normalized spacial score (nSPS) is 15.0. The molecule has 1 aliphatic carbocycles. The number of methoxy groups -OCH3 is 1. The molecule has 4 nitrogen and oxygen atoms in total. The van der Waals surface area contributed by atoms with Gasteiger partial charge in [0.15, 0.2) is 5.78 Å². The number of carbonyl (C=O) groups excluding carboxylic acids is 2. The first-order chi connectivity index (χ1) is 11.0. The largest absolute Gasteiger partial charge is 0.496 e. The third kappa shape index (κ3) is 2.64. The molecule has 0 aromatic heterocycles. The van der Waals surface area contributed by atoms with Gasteiger partial charge in [-0.15, -0.1) is 0 Å². The van der Waals surface area contributed by atoms with Crippen molar-refractivity contribution in [1.29, 1.82) is 0 Å². The van der Waals surface area contributed by atoms with E-state index in [1.807, 2.05) is 19.1 Å². The van der Waals surface area contributed by atoms with E-state index in [4.69, 9.17) is 4.74 Å². The van der Waals surface area contributed by atoms with Gasteiger partial charge in [-0.05, 0) is 25.1 Å². The van der Waals surface area contributed by atoms with Gasteiger partial charge in [-0.2, -0.15) is 0 Å². The molecule has 0 bridgehead atoms. The van der Waals surface area contributed by atoms with Crippen LogP contribution in [0.5, 0.6) is 5.75 Å². The fourth-order valence-corrected chi connectivity index (χ4v) is 3.57. The van der Waals surface area contributed by atoms with Crippen molar-refractivity contribution < 1.29 is 18.5 Å². The molecule has 1 aliphatic rings. The molecule has 23 heavy (non-hydrogen) atoms. The molecule has 116 valence electrons. The van der Waals surface area contributed by atoms with Crippen molar-refractivity contribution in [3.8, 4) is 5.75 Å². The molecule has 2 aromatic rings. The second kappa shape index (κ2) is 5.93. The molecule has 3 rings (SSSR count). The molecule has 2 aromatic carbocycles. The van der Waals surface area contributed by atoms with Crippen molar-refractivity contribution in [1.82, 2.24) is 0 Å². The molecule has 0 saturated heterocycles. The van der Waals surface area contributed by atoms with Crippen molar-refractivity contribution >= 4 is 22.4 Å². The number of aryl methyl sites for hydroxylation is 1. The Morgan fingerprint density at radius 3 is 2.35 bits per heavy atom. The zero-order valence-corrected chi connectivity index (χ0v) is 13.5. The number of ketones is 2. The fourth-order valence-electron chi connectivity index (χ4n) is 2.45. The zero-order valence-electron chi connectivity index (χ0n) is 12.7. The van der Waals surface area contributed by atoms with Crippen LogP contribution in [-0.2, 0) is 10.8 Å². The van der Waals surface area contributed by atoms with Crippen molar-refractivity contribution in [3.05, 3.63) is 70.1 Å². The summed E-state index contributed by atoms with van der Waals surface area (Å²) >= 11 is 0. The lowest BCUT2D eigenvalue weighted by molar-refractivity contribution is 0.0988. The van der Waals surface area contributed by atoms with Gasteiger partial charge in [0, 0.05) is 16.5 Å². The van der Waals surface area contributed by atoms with Crippen molar-refractivity contribution in [2.24, 2.45) is 0 Å². The van der Waals surface area contributed by atoms with Gasteiger partial charge in [0.05, 0.1) is 28.4 Å². The van der Waals surface area contributed by atoms with Crippen LogP contribution in [0, 0.1) is 6.92 Å². The molecule has 0 spiro atoms. The van der Waals surface area contributed by atoms with Crippen LogP contribution in [0.1, 0.15) is 26.3 Å². The van der Waals surface area contributed by atoms with E-state index in [0.29, 0.717) is 10.6 Å². The number of hydrogen-bond donors (Lipinski definition) is 0. The topological polar surface area (TPSA) is 60.4 Å². The van der Waals surface area contributed by atoms with Crippen molar-refractivity contribution in [2.45, 2.75) is 11.8 Å². The Hall–Kier alpha value is -2.53. The lowest BCUT2D eigenvalue weighted by atomic mass is 9.94. The van der Waals surface area contributed by atoms with Crippen molar-refractivity contribution in [2.75, 3.05) is 7.11 Å². The Morgan fingerprint density at radius 1 is 1.00 bits per heavy atom. The number of carbonyl (C=O) groups is 2. The van der Waals surface area contributed by atoms with E-state index in [9.17, 15) is 13.8 Å². The lowest BCUT2D eigenvalue weighted by Gasteiger charge is -2.17. The number of hydrogen-bond acceptors (Lipinski definition) is 4. The predicted octanol–water partition coefficient (Wildman–Crippen LogP) is 3.07. The summed E-state index contributed by atoms with van der Waals surface area (Å²) in [7, 11) is -0.278. The molecule has 1 atom stereocenters. The van der Waals surface area contributed by atoms with Crippen LogP contribution in [-0.4, -0.2) is 22.9 Å². The Morgan fingerprint density at radius 2 is 1.70 bits per heavy atom. The van der Waals surface area contributed by atoms with E-state index in [2.05, 4.69) is 0 Å². The summed E-state index contributed by atoms with van der Waals surface area (Å²) in [5.74, 6) is -0.461. The van der Waals surface area contributed by atoms with Crippen LogP contribution in [0.25, 0.3) is 0 Å². The Kier molecular flexibility index (Phi) is 3.96. The molecule has 0 radical (unpaired) electrons. The smallest absolute Gasteiger partial charge is 0.206 e. The molecule has 5 heteroatoms.